The van der Waals surface area contributed by atoms with Crippen molar-refractivity contribution in [3.05, 3.63) is 0 Å². The van der Waals surface area contributed by atoms with Crippen LogP contribution in [0.15, 0.2) is 0 Å². The van der Waals surface area contributed by atoms with Crippen LogP contribution < -0.4 is 4.72 Å². The van der Waals surface area contributed by atoms with E-state index < -0.39 is 10.9 Å². The van der Waals surface area contributed by atoms with Gasteiger partial charge in [-0.05, 0) is 13.3 Å². The van der Waals surface area contributed by atoms with Gasteiger partial charge in [0, 0.05) is 6.04 Å². The molecule has 1 unspecified atom stereocenters. The molecule has 4 heteroatoms. The molecule has 0 saturated heterocycles. The van der Waals surface area contributed by atoms with E-state index in [0.29, 0.717) is 0 Å². The number of unbranched alkanes of at least 4 members (excludes halogenated alkanes) is 4. The first-order valence-corrected chi connectivity index (χ1v) is 6.25. The zero-order valence-corrected chi connectivity index (χ0v) is 9.48. The SMILES string of the molecule is CCCCCCCC(C)N[SH](=O)=O. The molecular formula is C9H21NO2S. The molecule has 0 bridgehead atoms. The summed E-state index contributed by atoms with van der Waals surface area (Å²) in [5.41, 5.74) is 0. The minimum Gasteiger partial charge on any atom is -0.216 e. The Labute approximate surface area is 83.0 Å². The molecule has 0 aliphatic carbocycles. The van der Waals surface area contributed by atoms with Crippen molar-refractivity contribution in [3.8, 4) is 0 Å². The third kappa shape index (κ3) is 9.83. The van der Waals surface area contributed by atoms with Crippen LogP contribution in [0.5, 0.6) is 0 Å². The summed E-state index contributed by atoms with van der Waals surface area (Å²) < 4.78 is 23.0. The van der Waals surface area contributed by atoms with Crippen LogP contribution in [-0.2, 0) is 10.9 Å². The Balaban J connectivity index is 3.21. The second-order valence-corrected chi connectivity index (χ2v) is 4.26. The second-order valence-electron chi connectivity index (χ2n) is 3.49. The summed E-state index contributed by atoms with van der Waals surface area (Å²) in [6.07, 6.45) is 7.10. The van der Waals surface area contributed by atoms with Crippen LogP contribution in [0.2, 0.25) is 0 Å². The minimum atomic E-state index is -2.42. The zero-order chi connectivity index (χ0) is 10.1. The largest absolute Gasteiger partial charge is 0.216 e. The molecule has 0 spiro atoms. The molecule has 13 heavy (non-hydrogen) atoms. The molecule has 0 aromatic heterocycles. The molecule has 3 nitrogen and oxygen atoms in total. The van der Waals surface area contributed by atoms with E-state index in [2.05, 4.69) is 11.6 Å². The Kier molecular flexibility index (Phi) is 8.45. The fourth-order valence-corrected chi connectivity index (χ4v) is 1.79. The number of rotatable bonds is 8. The molecule has 0 fully saturated rings. The maximum Gasteiger partial charge on any atom is 0.201 e. The molecule has 0 radical (unpaired) electrons. The van der Waals surface area contributed by atoms with Gasteiger partial charge >= 0.3 is 0 Å². The fraction of sp³-hybridized carbons (Fsp3) is 1.00. The predicted octanol–water partition coefficient (Wildman–Crippen LogP) is 1.85. The molecular weight excluding hydrogens is 186 g/mol. The van der Waals surface area contributed by atoms with Gasteiger partial charge in [0.15, 0.2) is 0 Å². The molecule has 0 heterocycles. The van der Waals surface area contributed by atoms with Crippen LogP contribution in [0.3, 0.4) is 0 Å². The third-order valence-corrected chi connectivity index (χ3v) is 2.72. The van der Waals surface area contributed by atoms with Gasteiger partial charge in [0.05, 0.1) is 0 Å². The summed E-state index contributed by atoms with van der Waals surface area (Å²) in [5, 5.41) is 0. The van der Waals surface area contributed by atoms with Crippen LogP contribution in [0.4, 0.5) is 0 Å². The van der Waals surface area contributed by atoms with Crippen molar-refractivity contribution < 1.29 is 8.42 Å². The van der Waals surface area contributed by atoms with Crippen LogP contribution in [0, 0.1) is 0 Å². The van der Waals surface area contributed by atoms with E-state index in [1.165, 1.54) is 25.7 Å². The van der Waals surface area contributed by atoms with E-state index in [4.69, 9.17) is 0 Å². The average Bonchev–Trinajstić information content (AvgIpc) is 2.02. The van der Waals surface area contributed by atoms with Crippen molar-refractivity contribution in [2.24, 2.45) is 0 Å². The van der Waals surface area contributed by atoms with Gasteiger partial charge in [0.25, 0.3) is 0 Å². The predicted molar refractivity (Wildman–Crippen MR) is 56.3 cm³/mol. The summed E-state index contributed by atoms with van der Waals surface area (Å²) in [6.45, 7) is 4.09. The molecule has 0 amide bonds. The second kappa shape index (κ2) is 8.51. The van der Waals surface area contributed by atoms with Crippen LogP contribution in [-0.4, -0.2) is 14.5 Å². The Morgan fingerprint density at radius 1 is 1.15 bits per heavy atom. The van der Waals surface area contributed by atoms with Crippen molar-refractivity contribution in [2.75, 3.05) is 0 Å². The fourth-order valence-electron chi connectivity index (χ4n) is 1.30. The van der Waals surface area contributed by atoms with E-state index >= 15 is 0 Å². The zero-order valence-electron chi connectivity index (χ0n) is 8.58. The smallest absolute Gasteiger partial charge is 0.201 e. The number of hydrogen-bond donors (Lipinski definition) is 2. The maximum atomic E-state index is 10.3. The summed E-state index contributed by atoms with van der Waals surface area (Å²) in [6, 6.07) is 0.0998. The first kappa shape index (κ1) is 12.9. The third-order valence-electron chi connectivity index (χ3n) is 2.07. The highest BCUT2D eigenvalue weighted by Gasteiger charge is 2.00. The lowest BCUT2D eigenvalue weighted by Gasteiger charge is -2.07. The lowest BCUT2D eigenvalue weighted by atomic mass is 10.1. The van der Waals surface area contributed by atoms with Crippen molar-refractivity contribution in [2.45, 2.75) is 58.4 Å². The van der Waals surface area contributed by atoms with Gasteiger partial charge in [-0.15, -0.1) is 0 Å². The molecule has 80 valence electrons. The monoisotopic (exact) mass is 207 g/mol. The Hall–Kier alpha value is -0.0900. The van der Waals surface area contributed by atoms with E-state index in [1.54, 1.807) is 0 Å². The van der Waals surface area contributed by atoms with E-state index in [0.717, 1.165) is 12.8 Å². The lowest BCUT2D eigenvalue weighted by molar-refractivity contribution is 0.527. The molecule has 0 aliphatic rings. The van der Waals surface area contributed by atoms with Gasteiger partial charge in [0.2, 0.25) is 10.9 Å². The Bertz CT molecular complexity index is 172. The molecule has 0 aromatic rings. The standard InChI is InChI=1S/C9H21NO2S/c1-3-4-5-6-7-8-9(2)10-13(11)12/h9,13H,3-8H2,1-2H3,(H,10,11,12). The Morgan fingerprint density at radius 2 is 1.77 bits per heavy atom. The molecule has 1 N–H and O–H groups in total. The highest BCUT2D eigenvalue weighted by molar-refractivity contribution is 7.70. The van der Waals surface area contributed by atoms with Gasteiger partial charge in [-0.2, -0.15) is 0 Å². The van der Waals surface area contributed by atoms with Gasteiger partial charge in [0.1, 0.15) is 0 Å². The average molecular weight is 207 g/mol. The van der Waals surface area contributed by atoms with Gasteiger partial charge < -0.3 is 0 Å². The van der Waals surface area contributed by atoms with Crippen LogP contribution in [0.25, 0.3) is 0 Å². The van der Waals surface area contributed by atoms with Gasteiger partial charge in [-0.25, -0.2) is 13.1 Å². The highest BCUT2D eigenvalue weighted by Crippen LogP contribution is 2.06. The van der Waals surface area contributed by atoms with Crippen LogP contribution >= 0.6 is 0 Å². The number of thiol groups is 1. The number of nitrogens with one attached hydrogen (secondary N) is 1. The van der Waals surface area contributed by atoms with E-state index in [-0.39, 0.29) is 6.04 Å². The minimum absolute atomic E-state index is 0.0998. The van der Waals surface area contributed by atoms with Gasteiger partial charge in [-0.3, -0.25) is 0 Å². The molecule has 0 rings (SSSR count). The summed E-state index contributed by atoms with van der Waals surface area (Å²) in [4.78, 5) is 0. The van der Waals surface area contributed by atoms with Crippen LogP contribution in [0.1, 0.15) is 52.4 Å². The molecule has 0 aromatic carbocycles. The highest BCUT2D eigenvalue weighted by atomic mass is 32.2. The summed E-state index contributed by atoms with van der Waals surface area (Å²) in [7, 11) is -2.42. The molecule has 0 aliphatic heterocycles. The summed E-state index contributed by atoms with van der Waals surface area (Å²) in [5.74, 6) is 0. The molecule has 0 saturated carbocycles. The first-order chi connectivity index (χ1) is 6.16. The van der Waals surface area contributed by atoms with Crippen molar-refractivity contribution in [3.63, 3.8) is 0 Å². The summed E-state index contributed by atoms with van der Waals surface area (Å²) >= 11 is 0. The van der Waals surface area contributed by atoms with Crippen molar-refractivity contribution in [1.29, 1.82) is 0 Å². The van der Waals surface area contributed by atoms with Crippen molar-refractivity contribution in [1.82, 2.24) is 4.72 Å². The van der Waals surface area contributed by atoms with E-state index in [1.807, 2.05) is 6.92 Å². The molecule has 1 atom stereocenters. The van der Waals surface area contributed by atoms with E-state index in [9.17, 15) is 8.42 Å². The lowest BCUT2D eigenvalue weighted by Crippen LogP contribution is -2.23. The quantitative estimate of drug-likeness (QED) is 0.471. The number of hydrogen-bond acceptors (Lipinski definition) is 2. The normalized spacial score (nSPS) is 13.5. The van der Waals surface area contributed by atoms with Crippen molar-refractivity contribution >= 4 is 10.9 Å². The Morgan fingerprint density at radius 3 is 2.31 bits per heavy atom. The van der Waals surface area contributed by atoms with Gasteiger partial charge in [-0.1, -0.05) is 39.0 Å². The first-order valence-electron chi connectivity index (χ1n) is 5.07. The maximum absolute atomic E-state index is 10.3. The topological polar surface area (TPSA) is 46.2 Å².